The number of nitrogens with zero attached hydrogens (tertiary/aromatic N) is 3. The summed E-state index contributed by atoms with van der Waals surface area (Å²) in [7, 11) is 0. The molecule has 0 amide bonds. The van der Waals surface area contributed by atoms with Crippen molar-refractivity contribution in [1.29, 1.82) is 0 Å². The molecule has 174 valence electrons. The maximum atomic E-state index is 13.7. The second kappa shape index (κ2) is 10.6. The van der Waals surface area contributed by atoms with E-state index >= 15 is 0 Å². The lowest BCUT2D eigenvalue weighted by Gasteiger charge is -2.15. The van der Waals surface area contributed by atoms with Gasteiger partial charge in [0.05, 0.1) is 22.8 Å². The van der Waals surface area contributed by atoms with Gasteiger partial charge in [-0.1, -0.05) is 32.8 Å². The lowest BCUT2D eigenvalue weighted by atomic mass is 9.90. The largest absolute Gasteiger partial charge is 0.477 e. The first kappa shape index (κ1) is 25.3. The Bertz CT molecular complexity index is 1040. The number of hydrogen-bond donors (Lipinski definition) is 0. The zero-order valence-corrected chi connectivity index (χ0v) is 20.5. The Labute approximate surface area is 190 Å². The maximum absolute atomic E-state index is 13.7. The predicted molar refractivity (Wildman–Crippen MR) is 127 cm³/mol. The van der Waals surface area contributed by atoms with Crippen LogP contribution in [-0.4, -0.2) is 27.1 Å². The van der Waals surface area contributed by atoms with Gasteiger partial charge < -0.3 is 4.74 Å². The number of unbranched alkanes of at least 4 members (excludes halogenated alkanes) is 1. The highest BCUT2D eigenvalue weighted by atomic mass is 16.6. The molecule has 0 fully saturated rings. The average Bonchev–Trinajstić information content (AvgIpc) is 3.00. The third-order valence-electron chi connectivity index (χ3n) is 5.59. The molecular weight excluding hydrogens is 406 g/mol. The van der Waals surface area contributed by atoms with Gasteiger partial charge >= 0.3 is 0 Å². The van der Waals surface area contributed by atoms with Gasteiger partial charge in [-0.2, -0.15) is 5.10 Å². The van der Waals surface area contributed by atoms with Gasteiger partial charge in [0.15, 0.2) is 0 Å². The van der Waals surface area contributed by atoms with Crippen LogP contribution in [0.25, 0.3) is 5.57 Å². The van der Waals surface area contributed by atoms with Crippen molar-refractivity contribution >= 4 is 17.0 Å². The maximum Gasteiger partial charge on any atom is 0.277 e. The summed E-state index contributed by atoms with van der Waals surface area (Å²) in [5, 5.41) is 16.3. The smallest absolute Gasteiger partial charge is 0.277 e. The number of hydrogen-bond acceptors (Lipinski definition) is 5. The molecular formula is C25H35N3O4. The highest BCUT2D eigenvalue weighted by Gasteiger charge is 2.29. The summed E-state index contributed by atoms with van der Waals surface area (Å²) in [6.07, 6.45) is 1.85. The Balaban J connectivity index is 2.69. The Kier molecular flexibility index (Phi) is 8.36. The van der Waals surface area contributed by atoms with Crippen LogP contribution in [-0.2, 0) is 6.54 Å². The molecule has 7 nitrogen and oxygen atoms in total. The number of nitro groups is 1. The van der Waals surface area contributed by atoms with Gasteiger partial charge in [-0.05, 0) is 64.2 Å². The van der Waals surface area contributed by atoms with Gasteiger partial charge in [0.2, 0.25) is 11.7 Å². The molecule has 2 rings (SSSR count). The fraction of sp³-hybridized carbons (Fsp3) is 0.520. The number of ether oxygens (including phenoxy) is 1. The zero-order chi connectivity index (χ0) is 24.2. The summed E-state index contributed by atoms with van der Waals surface area (Å²) in [6, 6.07) is 2.97. The van der Waals surface area contributed by atoms with E-state index in [1.807, 2.05) is 20.8 Å². The summed E-state index contributed by atoms with van der Waals surface area (Å²) in [6.45, 7) is 16.6. The minimum atomic E-state index is -0.395. The number of ketones is 1. The van der Waals surface area contributed by atoms with Crippen LogP contribution in [0.4, 0.5) is 5.69 Å². The number of carbonyl (C=O) groups is 1. The normalized spacial score (nSPS) is 11.0. The highest BCUT2D eigenvalue weighted by molar-refractivity contribution is 6.12. The van der Waals surface area contributed by atoms with Gasteiger partial charge in [-0.15, -0.1) is 0 Å². The van der Waals surface area contributed by atoms with Crippen LogP contribution in [0.15, 0.2) is 17.7 Å². The second-order valence-electron chi connectivity index (χ2n) is 8.89. The fourth-order valence-corrected chi connectivity index (χ4v) is 3.70. The third kappa shape index (κ3) is 5.26. The van der Waals surface area contributed by atoms with Gasteiger partial charge in [-0.3, -0.25) is 14.9 Å². The average molecular weight is 442 g/mol. The van der Waals surface area contributed by atoms with E-state index in [9.17, 15) is 14.9 Å². The first-order valence-electron chi connectivity index (χ1n) is 11.2. The standard InChI is InChI=1S/C25H35N3O4/c1-9-10-13-32-25-23(19(8)26-27(25)14-15(2)3)24(29)20-11-12-21(28(30)31)22(18(20)7)17(6)16(4)5/h11-12,15H,9-10,13-14H2,1-8H3. The summed E-state index contributed by atoms with van der Waals surface area (Å²) in [5.74, 6) is 0.589. The number of aromatic nitrogens is 2. The number of rotatable bonds is 10. The molecule has 2 aromatic rings. The van der Waals surface area contributed by atoms with Gasteiger partial charge in [0, 0.05) is 18.2 Å². The Hall–Kier alpha value is -2.96. The summed E-state index contributed by atoms with van der Waals surface area (Å²) in [4.78, 5) is 25.0. The predicted octanol–water partition coefficient (Wildman–Crippen LogP) is 6.29. The van der Waals surface area contributed by atoms with Gasteiger partial charge in [-0.25, -0.2) is 4.68 Å². The SMILES string of the molecule is CCCCOc1c(C(=O)c2ccc([N+](=O)[O-])c(C(C)=C(C)C)c2C)c(C)nn1CC(C)C. The third-order valence-corrected chi connectivity index (χ3v) is 5.59. The van der Waals surface area contributed by atoms with E-state index in [1.165, 1.54) is 6.07 Å². The molecule has 0 saturated carbocycles. The van der Waals surface area contributed by atoms with Crippen molar-refractivity contribution in [2.75, 3.05) is 6.61 Å². The number of benzene rings is 1. The van der Waals surface area contributed by atoms with Crippen molar-refractivity contribution in [1.82, 2.24) is 9.78 Å². The molecule has 0 unspecified atom stereocenters. The molecule has 0 bridgehead atoms. The minimum absolute atomic E-state index is 0.00407. The number of aryl methyl sites for hydroxylation is 1. The topological polar surface area (TPSA) is 87.3 Å². The van der Waals surface area contributed by atoms with E-state index in [-0.39, 0.29) is 11.5 Å². The van der Waals surface area contributed by atoms with Crippen LogP contribution in [0, 0.1) is 29.9 Å². The van der Waals surface area contributed by atoms with Crippen LogP contribution in [0.2, 0.25) is 0 Å². The molecule has 0 radical (unpaired) electrons. The monoisotopic (exact) mass is 441 g/mol. The van der Waals surface area contributed by atoms with E-state index in [1.54, 1.807) is 24.6 Å². The lowest BCUT2D eigenvalue weighted by molar-refractivity contribution is -0.385. The van der Waals surface area contributed by atoms with Crippen LogP contribution < -0.4 is 4.74 Å². The molecule has 1 aromatic carbocycles. The van der Waals surface area contributed by atoms with Crippen LogP contribution >= 0.6 is 0 Å². The molecule has 0 aliphatic heterocycles. The van der Waals surface area contributed by atoms with Crippen molar-refractivity contribution in [3.8, 4) is 5.88 Å². The van der Waals surface area contributed by atoms with Gasteiger partial charge in [0.1, 0.15) is 5.56 Å². The highest BCUT2D eigenvalue weighted by Crippen LogP contribution is 2.35. The molecule has 1 aromatic heterocycles. The van der Waals surface area contributed by atoms with Gasteiger partial charge in [0.25, 0.3) is 5.69 Å². The molecule has 0 aliphatic rings. The molecule has 0 spiro atoms. The summed E-state index contributed by atoms with van der Waals surface area (Å²) >= 11 is 0. The first-order chi connectivity index (χ1) is 15.0. The molecule has 0 N–H and O–H groups in total. The van der Waals surface area contributed by atoms with E-state index < -0.39 is 4.92 Å². The quantitative estimate of drug-likeness (QED) is 0.187. The zero-order valence-electron chi connectivity index (χ0n) is 20.5. The Morgan fingerprint density at radius 1 is 1.19 bits per heavy atom. The lowest BCUT2D eigenvalue weighted by Crippen LogP contribution is -2.13. The molecule has 7 heteroatoms. The van der Waals surface area contributed by atoms with Crippen molar-refractivity contribution in [2.45, 2.75) is 74.8 Å². The van der Waals surface area contributed by atoms with E-state index in [0.717, 1.165) is 24.0 Å². The van der Waals surface area contributed by atoms with E-state index in [2.05, 4.69) is 25.9 Å². The molecule has 1 heterocycles. The first-order valence-corrected chi connectivity index (χ1v) is 11.2. The van der Waals surface area contributed by atoms with Crippen LogP contribution in [0.5, 0.6) is 5.88 Å². The van der Waals surface area contributed by atoms with E-state index in [4.69, 9.17) is 4.74 Å². The molecule has 0 aliphatic carbocycles. The van der Waals surface area contributed by atoms with Crippen molar-refractivity contribution in [2.24, 2.45) is 5.92 Å². The van der Waals surface area contributed by atoms with Crippen molar-refractivity contribution < 1.29 is 14.5 Å². The minimum Gasteiger partial charge on any atom is -0.477 e. The molecule has 32 heavy (non-hydrogen) atoms. The summed E-state index contributed by atoms with van der Waals surface area (Å²) in [5.41, 5.74) is 4.32. The number of carbonyl (C=O) groups excluding carboxylic acids is 1. The molecule has 0 saturated heterocycles. The second-order valence-corrected chi connectivity index (χ2v) is 8.89. The number of allylic oxidation sites excluding steroid dienone is 2. The Morgan fingerprint density at radius 3 is 2.38 bits per heavy atom. The Morgan fingerprint density at radius 2 is 1.84 bits per heavy atom. The summed E-state index contributed by atoms with van der Waals surface area (Å²) < 4.78 is 7.82. The van der Waals surface area contributed by atoms with Crippen LogP contribution in [0.3, 0.4) is 0 Å². The van der Waals surface area contributed by atoms with E-state index in [0.29, 0.717) is 52.9 Å². The number of nitro benzene ring substituents is 1. The van der Waals surface area contributed by atoms with Crippen molar-refractivity contribution in [3.05, 3.63) is 55.8 Å². The fourth-order valence-electron chi connectivity index (χ4n) is 3.70. The van der Waals surface area contributed by atoms with Crippen molar-refractivity contribution in [3.63, 3.8) is 0 Å². The van der Waals surface area contributed by atoms with Crippen LogP contribution in [0.1, 0.15) is 87.1 Å². The molecule has 0 atom stereocenters.